The third kappa shape index (κ3) is 2.32. The second kappa shape index (κ2) is 3.53. The Kier molecular flexibility index (Phi) is 3.31. The van der Waals surface area contributed by atoms with Gasteiger partial charge < -0.3 is 15.3 Å². The molecule has 0 amide bonds. The molecule has 52 valence electrons. The van der Waals surface area contributed by atoms with Gasteiger partial charge in [-0.1, -0.05) is 0 Å². The molecule has 0 atom stereocenters. The smallest absolute Gasteiger partial charge is 0.316 e. The molecule has 1 rings (SSSR count). The van der Waals surface area contributed by atoms with Gasteiger partial charge in [-0.05, 0) is 0 Å². The zero-order valence-electron chi connectivity index (χ0n) is 4.57. The molecule has 4 heteroatoms. The Morgan fingerprint density at radius 3 is 1.10 bits per heavy atom. The highest BCUT2D eigenvalue weighted by atomic mass is 24.3. The minimum atomic E-state index is -0.146. The Morgan fingerprint density at radius 2 is 0.900 bits per heavy atom. The van der Waals surface area contributed by atoms with Crippen LogP contribution in [0.5, 0.6) is 17.2 Å². The molecule has 0 saturated heterocycles. The highest BCUT2D eigenvalue weighted by molar-refractivity contribution is 5.75. The summed E-state index contributed by atoms with van der Waals surface area (Å²) >= 11 is 0. The Labute approximate surface area is 74.1 Å². The number of hydrogen-bond acceptors (Lipinski definition) is 3. The first kappa shape index (κ1) is 9.39. The van der Waals surface area contributed by atoms with Crippen LogP contribution in [0.4, 0.5) is 0 Å². The number of hydrogen-bond donors (Lipinski definition) is 3. The first-order valence-corrected chi connectivity index (χ1v) is 2.40. The molecule has 3 N–H and O–H groups in total. The van der Waals surface area contributed by atoms with E-state index >= 15 is 0 Å². The second-order valence-corrected chi connectivity index (χ2v) is 1.71. The predicted molar refractivity (Wildman–Crippen MR) is 40.0 cm³/mol. The minimum absolute atomic E-state index is 0. The van der Waals surface area contributed by atoms with Crippen LogP contribution in [0, 0.1) is 0 Å². The summed E-state index contributed by atoms with van der Waals surface area (Å²) in [6.45, 7) is 0. The van der Waals surface area contributed by atoms with Crippen molar-refractivity contribution in [3.63, 3.8) is 0 Å². The summed E-state index contributed by atoms with van der Waals surface area (Å²) in [6.07, 6.45) is 0. The Balaban J connectivity index is 0.000000810. The van der Waals surface area contributed by atoms with Crippen LogP contribution in [0.3, 0.4) is 0 Å². The van der Waals surface area contributed by atoms with Crippen molar-refractivity contribution in [1.29, 1.82) is 0 Å². The van der Waals surface area contributed by atoms with Gasteiger partial charge in [0.15, 0.2) is 0 Å². The third-order valence-electron chi connectivity index (χ3n) is 0.887. The lowest BCUT2D eigenvalue weighted by molar-refractivity contribution is 0.428. The third-order valence-corrected chi connectivity index (χ3v) is 0.887. The quantitative estimate of drug-likeness (QED) is 0.455. The number of aromatic hydroxyl groups is 3. The largest absolute Gasteiger partial charge is 0.508 e. The van der Waals surface area contributed by atoms with Crippen molar-refractivity contribution in [2.75, 3.05) is 0 Å². The van der Waals surface area contributed by atoms with Crippen LogP contribution in [0.2, 0.25) is 0 Å². The molecule has 0 heterocycles. The zero-order valence-corrected chi connectivity index (χ0v) is 4.57. The summed E-state index contributed by atoms with van der Waals surface area (Å²) in [4.78, 5) is 0. The standard InChI is InChI=1S/C6H6O3.Mg.2H/c7-4-1-5(8)3-6(9)2-4;;;/h1-3,7-9H;;;. The van der Waals surface area contributed by atoms with Crippen LogP contribution in [0.1, 0.15) is 0 Å². The molecule has 0 aliphatic heterocycles. The Hall–Kier alpha value is -0.614. The van der Waals surface area contributed by atoms with Crippen LogP contribution >= 0.6 is 0 Å². The summed E-state index contributed by atoms with van der Waals surface area (Å²) in [5.41, 5.74) is 0. The average molecular weight is 152 g/mol. The van der Waals surface area contributed by atoms with Crippen molar-refractivity contribution in [1.82, 2.24) is 0 Å². The van der Waals surface area contributed by atoms with E-state index in [4.69, 9.17) is 15.3 Å². The SMILES string of the molecule is Oc1cc(O)cc(O)c1.[MgH2]. The predicted octanol–water partition coefficient (Wildman–Crippen LogP) is -0.113. The number of phenols is 3. The topological polar surface area (TPSA) is 60.7 Å². The molecule has 0 spiro atoms. The number of benzene rings is 1. The van der Waals surface area contributed by atoms with Crippen molar-refractivity contribution in [2.45, 2.75) is 0 Å². The van der Waals surface area contributed by atoms with Gasteiger partial charge >= 0.3 is 23.1 Å². The van der Waals surface area contributed by atoms with E-state index in [2.05, 4.69) is 0 Å². The monoisotopic (exact) mass is 152 g/mol. The molecule has 0 bridgehead atoms. The van der Waals surface area contributed by atoms with E-state index in [0.717, 1.165) is 18.2 Å². The van der Waals surface area contributed by atoms with Crippen molar-refractivity contribution >= 4 is 23.1 Å². The normalized spacial score (nSPS) is 8.40. The second-order valence-electron chi connectivity index (χ2n) is 1.71. The van der Waals surface area contributed by atoms with Gasteiger partial charge in [0, 0.05) is 18.2 Å². The first-order chi connectivity index (χ1) is 4.18. The molecule has 0 radical (unpaired) electrons. The molecule has 0 fully saturated rings. The van der Waals surface area contributed by atoms with Gasteiger partial charge in [0.2, 0.25) is 0 Å². The van der Waals surface area contributed by atoms with Crippen LogP contribution in [-0.2, 0) is 0 Å². The van der Waals surface area contributed by atoms with Gasteiger partial charge in [-0.15, -0.1) is 0 Å². The van der Waals surface area contributed by atoms with E-state index in [9.17, 15) is 0 Å². The summed E-state index contributed by atoms with van der Waals surface area (Å²) in [5, 5.41) is 26.0. The van der Waals surface area contributed by atoms with Gasteiger partial charge in [-0.25, -0.2) is 0 Å². The van der Waals surface area contributed by atoms with E-state index in [-0.39, 0.29) is 40.3 Å². The van der Waals surface area contributed by atoms with Crippen molar-refractivity contribution in [3.8, 4) is 17.2 Å². The Bertz CT molecular complexity index is 174. The maximum atomic E-state index is 8.67. The van der Waals surface area contributed by atoms with Crippen LogP contribution in [0.15, 0.2) is 18.2 Å². The fourth-order valence-corrected chi connectivity index (χ4v) is 0.580. The molecule has 3 nitrogen and oxygen atoms in total. The summed E-state index contributed by atoms with van der Waals surface area (Å²) in [5.74, 6) is -0.437. The maximum absolute atomic E-state index is 8.67. The first-order valence-electron chi connectivity index (χ1n) is 2.40. The van der Waals surface area contributed by atoms with E-state index in [0.29, 0.717) is 0 Å². The molecule has 0 unspecified atom stereocenters. The highest BCUT2D eigenvalue weighted by Crippen LogP contribution is 2.23. The summed E-state index contributed by atoms with van der Waals surface area (Å²) < 4.78 is 0. The van der Waals surface area contributed by atoms with Gasteiger partial charge in [0.1, 0.15) is 17.2 Å². The average Bonchev–Trinajstić information content (AvgIpc) is 1.59. The lowest BCUT2D eigenvalue weighted by Gasteiger charge is -1.94. The Morgan fingerprint density at radius 1 is 0.700 bits per heavy atom. The van der Waals surface area contributed by atoms with Crippen molar-refractivity contribution in [2.24, 2.45) is 0 Å². The molecule has 0 saturated carbocycles. The van der Waals surface area contributed by atoms with Crippen molar-refractivity contribution < 1.29 is 15.3 Å². The van der Waals surface area contributed by atoms with E-state index in [1.165, 1.54) is 0 Å². The lowest BCUT2D eigenvalue weighted by Crippen LogP contribution is -1.66. The van der Waals surface area contributed by atoms with E-state index in [1.54, 1.807) is 0 Å². The summed E-state index contributed by atoms with van der Waals surface area (Å²) in [7, 11) is 0. The maximum Gasteiger partial charge on any atom is 0.316 e. The summed E-state index contributed by atoms with van der Waals surface area (Å²) in [6, 6.07) is 3.42. The molecular weight excluding hydrogens is 144 g/mol. The molecule has 0 aliphatic carbocycles. The van der Waals surface area contributed by atoms with Crippen LogP contribution < -0.4 is 0 Å². The molecule has 10 heavy (non-hydrogen) atoms. The van der Waals surface area contributed by atoms with Gasteiger partial charge in [0.05, 0.1) is 0 Å². The fraction of sp³-hybridized carbons (Fsp3) is 0. The van der Waals surface area contributed by atoms with E-state index < -0.39 is 0 Å². The molecule has 1 aromatic rings. The van der Waals surface area contributed by atoms with Gasteiger partial charge in [0.25, 0.3) is 0 Å². The molecule has 0 aliphatic rings. The zero-order chi connectivity index (χ0) is 6.85. The minimum Gasteiger partial charge on any atom is -0.508 e. The lowest BCUT2D eigenvalue weighted by atomic mass is 10.3. The molecule has 1 aromatic carbocycles. The van der Waals surface area contributed by atoms with E-state index in [1.807, 2.05) is 0 Å². The van der Waals surface area contributed by atoms with Crippen LogP contribution in [-0.4, -0.2) is 38.4 Å². The van der Waals surface area contributed by atoms with Crippen molar-refractivity contribution in [3.05, 3.63) is 18.2 Å². The molecule has 0 aromatic heterocycles. The molecular formula is C6H8MgO3. The van der Waals surface area contributed by atoms with Gasteiger partial charge in [-0.3, -0.25) is 0 Å². The van der Waals surface area contributed by atoms with Crippen LogP contribution in [0.25, 0.3) is 0 Å². The van der Waals surface area contributed by atoms with Gasteiger partial charge in [-0.2, -0.15) is 0 Å². The number of rotatable bonds is 0. The highest BCUT2D eigenvalue weighted by Gasteiger charge is 1.94. The fourth-order valence-electron chi connectivity index (χ4n) is 0.580. The number of phenolic OH excluding ortho intramolecular Hbond substituents is 3.